The molecular formula is C24H26N2O4S. The average molecular weight is 439 g/mol. The van der Waals surface area contributed by atoms with E-state index in [9.17, 15) is 9.59 Å². The van der Waals surface area contributed by atoms with Gasteiger partial charge in [-0.25, -0.2) is 4.79 Å². The summed E-state index contributed by atoms with van der Waals surface area (Å²) in [5.74, 6) is -0.0948. The van der Waals surface area contributed by atoms with E-state index in [1.807, 2.05) is 16.7 Å². The number of unbranched alkanes of at least 4 members (excludes halogenated alkanes) is 2. The van der Waals surface area contributed by atoms with E-state index >= 15 is 0 Å². The van der Waals surface area contributed by atoms with Crippen LogP contribution in [0.5, 0.6) is 5.75 Å². The first-order chi connectivity index (χ1) is 15.1. The van der Waals surface area contributed by atoms with E-state index in [2.05, 4.69) is 18.5 Å². The Kier molecular flexibility index (Phi) is 7.78. The lowest BCUT2D eigenvalue weighted by molar-refractivity contribution is 0.0601. The maximum absolute atomic E-state index is 12.9. The molecule has 0 saturated carbocycles. The van der Waals surface area contributed by atoms with Crippen LogP contribution < -0.4 is 9.54 Å². The second-order valence-corrected chi connectivity index (χ2v) is 7.97. The minimum Gasteiger partial charge on any atom is -0.494 e. The number of amides is 1. The zero-order chi connectivity index (χ0) is 22.2. The van der Waals surface area contributed by atoms with Gasteiger partial charge in [0, 0.05) is 12.1 Å². The highest BCUT2D eigenvalue weighted by atomic mass is 32.1. The van der Waals surface area contributed by atoms with Crippen LogP contribution in [0.3, 0.4) is 0 Å². The number of thiazole rings is 1. The molecule has 0 fully saturated rings. The summed E-state index contributed by atoms with van der Waals surface area (Å²) in [7, 11) is 1.35. The van der Waals surface area contributed by atoms with Crippen molar-refractivity contribution in [3.63, 3.8) is 0 Å². The maximum atomic E-state index is 12.9. The van der Waals surface area contributed by atoms with Gasteiger partial charge in [0.15, 0.2) is 4.80 Å². The molecule has 6 nitrogen and oxygen atoms in total. The summed E-state index contributed by atoms with van der Waals surface area (Å²) in [6.07, 6.45) is 4.97. The Labute approximate surface area is 185 Å². The van der Waals surface area contributed by atoms with Crippen LogP contribution in [0.15, 0.2) is 60.1 Å². The second-order valence-electron chi connectivity index (χ2n) is 6.96. The van der Waals surface area contributed by atoms with Gasteiger partial charge in [-0.2, -0.15) is 4.99 Å². The monoisotopic (exact) mass is 438 g/mol. The van der Waals surface area contributed by atoms with E-state index in [0.717, 1.165) is 29.5 Å². The quantitative estimate of drug-likeness (QED) is 0.268. The Morgan fingerprint density at radius 2 is 2.00 bits per heavy atom. The fraction of sp³-hybridized carbons (Fsp3) is 0.292. The molecule has 0 unspecified atom stereocenters. The Bertz CT molecular complexity index is 1160. The van der Waals surface area contributed by atoms with E-state index in [-0.39, 0.29) is 5.91 Å². The standard InChI is InChI=1S/C24H26N2O4S/c1-4-6-7-14-30-19-10-8-9-17(15-19)22(27)25-24-26(13-5-2)20-12-11-18(23(28)29-3)16-21(20)31-24/h5,8-12,15-16H,2,4,6-7,13-14H2,1,3H3. The van der Waals surface area contributed by atoms with Crippen molar-refractivity contribution >= 4 is 33.4 Å². The van der Waals surface area contributed by atoms with Gasteiger partial charge in [0.25, 0.3) is 5.91 Å². The first-order valence-corrected chi connectivity index (χ1v) is 11.0. The molecule has 0 atom stereocenters. The van der Waals surface area contributed by atoms with Gasteiger partial charge < -0.3 is 14.0 Å². The number of aromatic nitrogens is 1. The summed E-state index contributed by atoms with van der Waals surface area (Å²) in [5, 5.41) is 0. The first-order valence-electron chi connectivity index (χ1n) is 10.2. The predicted octanol–water partition coefficient (Wildman–Crippen LogP) is 4.99. The van der Waals surface area contributed by atoms with Gasteiger partial charge in [0.1, 0.15) is 5.75 Å². The number of carbonyl (C=O) groups is 2. The van der Waals surface area contributed by atoms with Crippen LogP contribution in [0.4, 0.5) is 0 Å². The molecule has 0 aliphatic heterocycles. The molecule has 0 saturated heterocycles. The molecule has 162 valence electrons. The highest BCUT2D eigenvalue weighted by Gasteiger charge is 2.12. The van der Waals surface area contributed by atoms with Gasteiger partial charge in [0.05, 0.1) is 29.5 Å². The lowest BCUT2D eigenvalue weighted by Gasteiger charge is -2.06. The van der Waals surface area contributed by atoms with Crippen molar-refractivity contribution in [1.29, 1.82) is 0 Å². The van der Waals surface area contributed by atoms with Crippen molar-refractivity contribution in [3.8, 4) is 5.75 Å². The van der Waals surface area contributed by atoms with Crippen LogP contribution in [0.2, 0.25) is 0 Å². The second kappa shape index (κ2) is 10.7. The van der Waals surface area contributed by atoms with Gasteiger partial charge in [-0.3, -0.25) is 4.79 Å². The predicted molar refractivity (Wildman–Crippen MR) is 123 cm³/mol. The fourth-order valence-electron chi connectivity index (χ4n) is 3.12. The topological polar surface area (TPSA) is 69.9 Å². The van der Waals surface area contributed by atoms with Crippen molar-refractivity contribution in [1.82, 2.24) is 4.57 Å². The van der Waals surface area contributed by atoms with Gasteiger partial charge in [-0.05, 0) is 42.8 Å². The molecule has 1 amide bonds. The smallest absolute Gasteiger partial charge is 0.337 e. The number of carbonyl (C=O) groups excluding carboxylic acids is 2. The molecule has 1 heterocycles. The SMILES string of the molecule is C=CCn1c(=NC(=O)c2cccc(OCCCCC)c2)sc2cc(C(=O)OC)ccc21. The van der Waals surface area contributed by atoms with Crippen molar-refractivity contribution in [2.75, 3.05) is 13.7 Å². The Hall–Kier alpha value is -3.19. The highest BCUT2D eigenvalue weighted by molar-refractivity contribution is 7.16. The summed E-state index contributed by atoms with van der Waals surface area (Å²) in [4.78, 5) is 29.6. The number of allylic oxidation sites excluding steroid dienone is 1. The average Bonchev–Trinajstić information content (AvgIpc) is 3.12. The zero-order valence-corrected chi connectivity index (χ0v) is 18.6. The molecule has 0 aliphatic carbocycles. The summed E-state index contributed by atoms with van der Waals surface area (Å²) < 4.78 is 13.3. The molecule has 0 bridgehead atoms. The maximum Gasteiger partial charge on any atom is 0.337 e. The Balaban J connectivity index is 1.93. The van der Waals surface area contributed by atoms with Crippen LogP contribution in [-0.2, 0) is 11.3 Å². The number of hydrogen-bond donors (Lipinski definition) is 0. The number of nitrogens with zero attached hydrogens (tertiary/aromatic N) is 2. The van der Waals surface area contributed by atoms with Gasteiger partial charge >= 0.3 is 5.97 Å². The molecule has 0 radical (unpaired) electrons. The van der Waals surface area contributed by atoms with Crippen molar-refractivity contribution in [3.05, 3.63) is 71.0 Å². The third-order valence-corrected chi connectivity index (χ3v) is 5.75. The Morgan fingerprint density at radius 3 is 2.74 bits per heavy atom. The van der Waals surface area contributed by atoms with Crippen LogP contribution >= 0.6 is 11.3 Å². The zero-order valence-electron chi connectivity index (χ0n) is 17.8. The molecule has 1 aromatic heterocycles. The van der Waals surface area contributed by atoms with E-state index in [1.165, 1.54) is 18.4 Å². The van der Waals surface area contributed by atoms with Crippen LogP contribution in [-0.4, -0.2) is 30.2 Å². The van der Waals surface area contributed by atoms with Crippen molar-refractivity contribution in [2.45, 2.75) is 32.7 Å². The third kappa shape index (κ3) is 5.49. The van der Waals surface area contributed by atoms with Crippen LogP contribution in [0.25, 0.3) is 10.2 Å². The number of benzene rings is 2. The minimum absolute atomic E-state index is 0.350. The van der Waals surface area contributed by atoms with E-state index in [1.54, 1.807) is 36.4 Å². The van der Waals surface area contributed by atoms with Gasteiger partial charge in [0.2, 0.25) is 0 Å². The molecule has 3 aromatic rings. The highest BCUT2D eigenvalue weighted by Crippen LogP contribution is 2.20. The van der Waals surface area contributed by atoms with Crippen molar-refractivity contribution < 1.29 is 19.1 Å². The van der Waals surface area contributed by atoms with Crippen molar-refractivity contribution in [2.24, 2.45) is 4.99 Å². The van der Waals surface area contributed by atoms with E-state index in [0.29, 0.717) is 34.8 Å². The third-order valence-electron chi connectivity index (χ3n) is 4.71. The van der Waals surface area contributed by atoms with Crippen LogP contribution in [0, 0.1) is 0 Å². The number of rotatable bonds is 9. The molecule has 3 rings (SSSR count). The summed E-state index contributed by atoms with van der Waals surface area (Å²) in [6.45, 7) is 7.06. The Morgan fingerprint density at radius 1 is 1.16 bits per heavy atom. The molecule has 7 heteroatoms. The minimum atomic E-state index is -0.407. The summed E-state index contributed by atoms with van der Waals surface area (Å²) in [6, 6.07) is 12.4. The van der Waals surface area contributed by atoms with Gasteiger partial charge in [-0.15, -0.1) is 6.58 Å². The number of fused-ring (bicyclic) bond motifs is 1. The summed E-state index contributed by atoms with van der Waals surface area (Å²) >= 11 is 1.34. The largest absolute Gasteiger partial charge is 0.494 e. The molecule has 31 heavy (non-hydrogen) atoms. The molecule has 0 aliphatic rings. The van der Waals surface area contributed by atoms with Crippen LogP contribution in [0.1, 0.15) is 46.9 Å². The van der Waals surface area contributed by atoms with E-state index in [4.69, 9.17) is 9.47 Å². The molecule has 0 N–H and O–H groups in total. The van der Waals surface area contributed by atoms with Gasteiger partial charge in [-0.1, -0.05) is 43.2 Å². The number of ether oxygens (including phenoxy) is 2. The molecule has 2 aromatic carbocycles. The lowest BCUT2D eigenvalue weighted by atomic mass is 10.2. The molecule has 0 spiro atoms. The number of hydrogen-bond acceptors (Lipinski definition) is 5. The normalized spacial score (nSPS) is 11.5. The van der Waals surface area contributed by atoms with E-state index < -0.39 is 5.97 Å². The lowest BCUT2D eigenvalue weighted by Crippen LogP contribution is -2.16. The molecular weight excluding hydrogens is 412 g/mol. The number of esters is 1. The number of methoxy groups -OCH3 is 1. The first kappa shape index (κ1) is 22.5. The fourth-order valence-corrected chi connectivity index (χ4v) is 4.20. The summed E-state index contributed by atoms with van der Waals surface area (Å²) in [5.41, 5.74) is 1.79.